The first-order valence-corrected chi connectivity index (χ1v) is 11.8. The number of methoxy groups -OCH3 is 3. The Bertz CT molecular complexity index is 1440. The molecule has 35 heavy (non-hydrogen) atoms. The molecule has 1 aliphatic rings. The highest BCUT2D eigenvalue weighted by molar-refractivity contribution is 7.07. The van der Waals surface area contributed by atoms with E-state index < -0.39 is 12.0 Å². The molecule has 2 aromatic carbocycles. The smallest absolute Gasteiger partial charge is 0.338 e. The number of carbonyl (C=O) groups excluding carboxylic acids is 1. The SMILES string of the molecule is CCOC(=O)C1=C(C)N=c2s/c(=C/c3cc(OC)c(OC)c(OC)c3)c(=O)n2[C@@H]1c1ccccc1. The lowest BCUT2D eigenvalue weighted by molar-refractivity contribution is -0.139. The van der Waals surface area contributed by atoms with E-state index in [9.17, 15) is 9.59 Å². The Labute approximate surface area is 206 Å². The van der Waals surface area contributed by atoms with Gasteiger partial charge in [-0.2, -0.15) is 0 Å². The number of hydrogen-bond donors (Lipinski definition) is 0. The number of benzene rings is 2. The van der Waals surface area contributed by atoms with E-state index in [0.717, 1.165) is 5.56 Å². The molecule has 0 saturated heterocycles. The molecule has 0 fully saturated rings. The van der Waals surface area contributed by atoms with Crippen molar-refractivity contribution in [3.63, 3.8) is 0 Å². The molecular formula is C26H26N2O6S. The third-order valence-corrected chi connectivity index (χ3v) is 6.60. The minimum absolute atomic E-state index is 0.225. The van der Waals surface area contributed by atoms with E-state index in [-0.39, 0.29) is 12.2 Å². The zero-order chi connectivity index (χ0) is 25.1. The van der Waals surface area contributed by atoms with Gasteiger partial charge < -0.3 is 18.9 Å². The second kappa shape index (κ2) is 10.2. The molecule has 0 N–H and O–H groups in total. The van der Waals surface area contributed by atoms with Gasteiger partial charge in [0, 0.05) is 0 Å². The minimum atomic E-state index is -0.645. The lowest BCUT2D eigenvalue weighted by Gasteiger charge is -2.24. The van der Waals surface area contributed by atoms with Crippen LogP contribution in [-0.4, -0.2) is 38.5 Å². The number of rotatable bonds is 7. The normalized spacial score (nSPS) is 15.3. The average Bonchev–Trinajstić information content (AvgIpc) is 3.17. The van der Waals surface area contributed by atoms with E-state index in [1.807, 2.05) is 30.3 Å². The Hall–Kier alpha value is -3.85. The van der Waals surface area contributed by atoms with Crippen molar-refractivity contribution in [1.82, 2.24) is 4.57 Å². The van der Waals surface area contributed by atoms with Crippen LogP contribution in [0, 0.1) is 0 Å². The molecule has 4 rings (SSSR count). The fourth-order valence-electron chi connectivity index (χ4n) is 4.08. The average molecular weight is 495 g/mol. The summed E-state index contributed by atoms with van der Waals surface area (Å²) >= 11 is 1.25. The van der Waals surface area contributed by atoms with Gasteiger partial charge in [-0.25, -0.2) is 9.79 Å². The van der Waals surface area contributed by atoms with Crippen molar-refractivity contribution in [3.05, 3.63) is 84.5 Å². The first kappa shape index (κ1) is 24.3. The van der Waals surface area contributed by atoms with E-state index in [1.54, 1.807) is 36.6 Å². The zero-order valence-corrected chi connectivity index (χ0v) is 21.0. The van der Waals surface area contributed by atoms with Gasteiger partial charge in [0.2, 0.25) is 5.75 Å². The highest BCUT2D eigenvalue weighted by Crippen LogP contribution is 2.38. The summed E-state index contributed by atoms with van der Waals surface area (Å²) < 4.78 is 23.6. The largest absolute Gasteiger partial charge is 0.493 e. The van der Waals surface area contributed by atoms with E-state index in [2.05, 4.69) is 4.99 Å². The number of aromatic nitrogens is 1. The summed E-state index contributed by atoms with van der Waals surface area (Å²) in [5.41, 5.74) is 2.11. The van der Waals surface area contributed by atoms with E-state index >= 15 is 0 Å². The first-order valence-electron chi connectivity index (χ1n) is 11.0. The van der Waals surface area contributed by atoms with E-state index in [0.29, 0.717) is 43.4 Å². The van der Waals surface area contributed by atoms with E-state index in [1.165, 1.54) is 32.7 Å². The molecule has 1 aliphatic heterocycles. The van der Waals surface area contributed by atoms with Crippen LogP contribution in [-0.2, 0) is 9.53 Å². The molecule has 0 aliphatic carbocycles. The number of esters is 1. The van der Waals surface area contributed by atoms with Gasteiger partial charge in [0.25, 0.3) is 5.56 Å². The second-order valence-electron chi connectivity index (χ2n) is 7.67. The van der Waals surface area contributed by atoms with Gasteiger partial charge in [0.05, 0.1) is 49.8 Å². The van der Waals surface area contributed by atoms with Gasteiger partial charge in [-0.3, -0.25) is 9.36 Å². The number of carbonyl (C=O) groups is 1. The number of hydrogen-bond acceptors (Lipinski definition) is 8. The molecule has 1 atom stereocenters. The molecule has 0 radical (unpaired) electrons. The van der Waals surface area contributed by atoms with Crippen LogP contribution in [0.3, 0.4) is 0 Å². The van der Waals surface area contributed by atoms with Crippen molar-refractivity contribution >= 4 is 23.4 Å². The van der Waals surface area contributed by atoms with Gasteiger partial charge in [0.15, 0.2) is 16.3 Å². The van der Waals surface area contributed by atoms with Crippen molar-refractivity contribution in [2.24, 2.45) is 4.99 Å². The quantitative estimate of drug-likeness (QED) is 0.470. The fraction of sp³-hybridized carbons (Fsp3) is 0.269. The maximum atomic E-state index is 13.7. The summed E-state index contributed by atoms with van der Waals surface area (Å²) in [6, 6.07) is 12.3. The number of thiazole rings is 1. The van der Waals surface area contributed by atoms with Crippen molar-refractivity contribution in [2.45, 2.75) is 19.9 Å². The summed E-state index contributed by atoms with van der Waals surface area (Å²) in [6.07, 6.45) is 1.75. The highest BCUT2D eigenvalue weighted by Gasteiger charge is 2.33. The first-order chi connectivity index (χ1) is 16.9. The Balaban J connectivity index is 1.94. The molecule has 3 aromatic rings. The van der Waals surface area contributed by atoms with Crippen LogP contribution in [0.25, 0.3) is 6.08 Å². The predicted molar refractivity (Wildman–Crippen MR) is 133 cm³/mol. The lowest BCUT2D eigenvalue weighted by atomic mass is 9.96. The molecule has 1 aromatic heterocycles. The van der Waals surface area contributed by atoms with Crippen LogP contribution in [0.4, 0.5) is 0 Å². The molecular weight excluding hydrogens is 468 g/mol. The standard InChI is InChI=1S/C26H26N2O6S/c1-6-34-25(30)21-15(2)27-26-28(22(21)17-10-8-7-9-11-17)24(29)20(35-26)14-16-12-18(31-3)23(33-5)19(13-16)32-4/h7-14,22H,6H2,1-5H3/b20-14+/t22-/m1/s1. The van der Waals surface area contributed by atoms with E-state index in [4.69, 9.17) is 18.9 Å². The monoisotopic (exact) mass is 494 g/mol. The third-order valence-electron chi connectivity index (χ3n) is 5.62. The van der Waals surface area contributed by atoms with Crippen molar-refractivity contribution in [3.8, 4) is 17.2 Å². The van der Waals surface area contributed by atoms with Crippen LogP contribution in [0.2, 0.25) is 0 Å². The summed E-state index contributed by atoms with van der Waals surface area (Å²) in [4.78, 5) is 31.7. The molecule has 2 heterocycles. The van der Waals surface area contributed by atoms with Crippen molar-refractivity contribution < 1.29 is 23.7 Å². The fourth-order valence-corrected chi connectivity index (χ4v) is 5.12. The maximum Gasteiger partial charge on any atom is 0.338 e. The van der Waals surface area contributed by atoms with Gasteiger partial charge in [0.1, 0.15) is 0 Å². The Morgan fingerprint density at radius 2 is 1.74 bits per heavy atom. The lowest BCUT2D eigenvalue weighted by Crippen LogP contribution is -2.39. The molecule has 8 nitrogen and oxygen atoms in total. The second-order valence-corrected chi connectivity index (χ2v) is 8.68. The van der Waals surface area contributed by atoms with Crippen molar-refractivity contribution in [1.29, 1.82) is 0 Å². The van der Waals surface area contributed by atoms with Gasteiger partial charge in [-0.1, -0.05) is 41.7 Å². The maximum absolute atomic E-state index is 13.7. The minimum Gasteiger partial charge on any atom is -0.493 e. The third kappa shape index (κ3) is 4.46. The summed E-state index contributed by atoms with van der Waals surface area (Å²) in [5.74, 6) is 0.941. The molecule has 182 valence electrons. The Morgan fingerprint density at radius 3 is 2.31 bits per heavy atom. The Morgan fingerprint density at radius 1 is 1.09 bits per heavy atom. The van der Waals surface area contributed by atoms with Crippen LogP contribution < -0.4 is 29.1 Å². The van der Waals surface area contributed by atoms with Crippen LogP contribution in [0.15, 0.2) is 63.5 Å². The number of nitrogens with zero attached hydrogens (tertiary/aromatic N) is 2. The predicted octanol–water partition coefficient (Wildman–Crippen LogP) is 2.82. The van der Waals surface area contributed by atoms with Crippen LogP contribution >= 0.6 is 11.3 Å². The molecule has 9 heteroatoms. The summed E-state index contributed by atoms with van der Waals surface area (Å²) in [5, 5.41) is 0. The highest BCUT2D eigenvalue weighted by atomic mass is 32.1. The van der Waals surface area contributed by atoms with Crippen LogP contribution in [0.1, 0.15) is 31.0 Å². The van der Waals surface area contributed by atoms with Gasteiger partial charge in [-0.15, -0.1) is 0 Å². The molecule has 0 spiro atoms. The zero-order valence-electron chi connectivity index (χ0n) is 20.2. The summed E-state index contributed by atoms with van der Waals surface area (Å²) in [6.45, 7) is 3.74. The Kier molecular flexibility index (Phi) is 7.07. The number of allylic oxidation sites excluding steroid dienone is 1. The topological polar surface area (TPSA) is 88.4 Å². The van der Waals surface area contributed by atoms with Gasteiger partial charge in [-0.05, 0) is 43.2 Å². The van der Waals surface area contributed by atoms with Crippen molar-refractivity contribution in [2.75, 3.05) is 27.9 Å². The molecule has 0 unspecified atom stereocenters. The number of fused-ring (bicyclic) bond motifs is 1. The molecule has 0 bridgehead atoms. The molecule has 0 amide bonds. The van der Waals surface area contributed by atoms with Crippen LogP contribution in [0.5, 0.6) is 17.2 Å². The number of ether oxygens (including phenoxy) is 4. The van der Waals surface area contributed by atoms with Gasteiger partial charge >= 0.3 is 5.97 Å². The summed E-state index contributed by atoms with van der Waals surface area (Å²) in [7, 11) is 4.61. The molecule has 0 saturated carbocycles.